The lowest BCUT2D eigenvalue weighted by molar-refractivity contribution is -0.146. The summed E-state index contributed by atoms with van der Waals surface area (Å²) in [6.45, 7) is 0.132. The minimum atomic E-state index is -4.20. The van der Waals surface area contributed by atoms with Crippen molar-refractivity contribution in [1.82, 2.24) is 9.88 Å². The highest BCUT2D eigenvalue weighted by molar-refractivity contribution is 6.30. The Bertz CT molecular complexity index is 444. The Morgan fingerprint density at radius 3 is 2.37 bits per heavy atom. The van der Waals surface area contributed by atoms with Crippen molar-refractivity contribution in [3.8, 4) is 0 Å². The van der Waals surface area contributed by atoms with Gasteiger partial charge in [0, 0.05) is 32.4 Å². The van der Waals surface area contributed by atoms with E-state index in [1.165, 1.54) is 11.1 Å². The molecule has 2 heterocycles. The smallest absolute Gasteiger partial charge is 0.352 e. The van der Waals surface area contributed by atoms with E-state index >= 15 is 0 Å². The first-order chi connectivity index (χ1) is 8.85. The van der Waals surface area contributed by atoms with Crippen molar-refractivity contribution in [2.75, 3.05) is 37.6 Å². The molecule has 1 saturated heterocycles. The highest BCUT2D eigenvalue weighted by Crippen LogP contribution is 2.22. The molecule has 0 N–H and O–H groups in total. The minimum Gasteiger partial charge on any atom is -0.352 e. The first kappa shape index (κ1) is 14.3. The minimum absolute atomic E-state index is 0.135. The molecule has 0 bridgehead atoms. The number of hydrogen-bond donors (Lipinski definition) is 0. The summed E-state index contributed by atoms with van der Waals surface area (Å²) in [7, 11) is 0. The summed E-state index contributed by atoms with van der Waals surface area (Å²) in [6.07, 6.45) is -2.88. The lowest BCUT2D eigenvalue weighted by Crippen LogP contribution is -2.49. The second-order valence-electron chi connectivity index (χ2n) is 4.34. The van der Waals surface area contributed by atoms with E-state index in [9.17, 15) is 17.6 Å². The van der Waals surface area contributed by atoms with Gasteiger partial charge in [-0.3, -0.25) is 4.90 Å². The van der Waals surface area contributed by atoms with E-state index < -0.39 is 18.5 Å². The van der Waals surface area contributed by atoms with E-state index in [2.05, 4.69) is 4.98 Å². The highest BCUT2D eigenvalue weighted by Gasteiger charge is 2.32. The molecular weight excluding hydrogens is 286 g/mol. The van der Waals surface area contributed by atoms with Crippen LogP contribution < -0.4 is 4.90 Å². The van der Waals surface area contributed by atoms with E-state index in [-0.39, 0.29) is 23.9 Å². The maximum Gasteiger partial charge on any atom is 0.401 e. The quantitative estimate of drug-likeness (QED) is 0.782. The summed E-state index contributed by atoms with van der Waals surface area (Å²) in [4.78, 5) is 6.80. The molecule has 0 saturated carbocycles. The lowest BCUT2D eigenvalue weighted by atomic mass is 10.3. The summed E-state index contributed by atoms with van der Waals surface area (Å²) in [5.74, 6) is -0.423. The van der Waals surface area contributed by atoms with Gasteiger partial charge >= 0.3 is 6.18 Å². The monoisotopic (exact) mass is 297 g/mol. The zero-order chi connectivity index (χ0) is 14.0. The third-order valence-electron chi connectivity index (χ3n) is 2.86. The van der Waals surface area contributed by atoms with Crippen LogP contribution in [0.25, 0.3) is 0 Å². The molecule has 0 aromatic carbocycles. The van der Waals surface area contributed by atoms with E-state index in [4.69, 9.17) is 11.6 Å². The van der Waals surface area contributed by atoms with Crippen LogP contribution in [0.15, 0.2) is 12.3 Å². The van der Waals surface area contributed by atoms with Crippen molar-refractivity contribution in [2.24, 2.45) is 0 Å². The number of alkyl halides is 3. The molecule has 2 rings (SSSR count). The number of piperazine rings is 1. The van der Waals surface area contributed by atoms with E-state index in [0.717, 1.165) is 6.07 Å². The first-order valence-electron chi connectivity index (χ1n) is 5.70. The van der Waals surface area contributed by atoms with Crippen LogP contribution in [0.4, 0.5) is 23.4 Å². The SMILES string of the molecule is Fc1cc(Cl)cnc1N1CCN(CC(F)(F)F)CC1. The Labute approximate surface area is 112 Å². The summed E-state index contributed by atoms with van der Waals surface area (Å²) in [5.41, 5.74) is 0. The molecule has 1 aliphatic heterocycles. The largest absolute Gasteiger partial charge is 0.401 e. The molecule has 1 fully saturated rings. The van der Waals surface area contributed by atoms with Crippen molar-refractivity contribution in [3.63, 3.8) is 0 Å². The van der Waals surface area contributed by atoms with Gasteiger partial charge in [-0.25, -0.2) is 9.37 Å². The van der Waals surface area contributed by atoms with E-state index in [1.807, 2.05) is 0 Å². The average molecular weight is 298 g/mol. The second-order valence-corrected chi connectivity index (χ2v) is 4.77. The number of halogens is 5. The molecule has 1 aliphatic rings. The topological polar surface area (TPSA) is 19.4 Å². The summed E-state index contributed by atoms with van der Waals surface area (Å²) < 4.78 is 50.3. The molecule has 1 aromatic rings. The zero-order valence-corrected chi connectivity index (χ0v) is 10.7. The Balaban J connectivity index is 1.96. The van der Waals surface area contributed by atoms with Crippen LogP contribution in [0, 0.1) is 5.82 Å². The molecule has 0 spiro atoms. The molecule has 0 radical (unpaired) electrons. The van der Waals surface area contributed by atoms with Gasteiger partial charge < -0.3 is 4.90 Å². The standard InChI is InChI=1S/C11H12ClF4N3/c12-8-5-9(13)10(17-6-8)19-3-1-18(2-4-19)7-11(14,15)16/h5-6H,1-4,7H2. The molecule has 0 unspecified atom stereocenters. The van der Waals surface area contributed by atoms with Crippen molar-refractivity contribution in [3.05, 3.63) is 23.1 Å². The van der Waals surface area contributed by atoms with Crippen LogP contribution in [0.1, 0.15) is 0 Å². The molecule has 0 amide bonds. The number of aromatic nitrogens is 1. The Morgan fingerprint density at radius 1 is 1.21 bits per heavy atom. The maximum atomic E-state index is 13.6. The van der Waals surface area contributed by atoms with Gasteiger partial charge in [-0.2, -0.15) is 13.2 Å². The molecule has 0 atom stereocenters. The second kappa shape index (κ2) is 5.50. The number of pyridine rings is 1. The predicted octanol–water partition coefficient (Wildman–Crippen LogP) is 2.56. The van der Waals surface area contributed by atoms with Gasteiger partial charge in [0.2, 0.25) is 0 Å². The molecular formula is C11H12ClF4N3. The van der Waals surface area contributed by atoms with E-state index in [0.29, 0.717) is 13.1 Å². The zero-order valence-electron chi connectivity index (χ0n) is 9.92. The van der Waals surface area contributed by atoms with Gasteiger partial charge in [-0.1, -0.05) is 11.6 Å². The third kappa shape index (κ3) is 3.94. The van der Waals surface area contributed by atoms with Gasteiger partial charge in [-0.15, -0.1) is 0 Å². The number of nitrogens with zero attached hydrogens (tertiary/aromatic N) is 3. The van der Waals surface area contributed by atoms with Crippen LogP contribution in [-0.2, 0) is 0 Å². The summed E-state index contributed by atoms with van der Waals surface area (Å²) in [5, 5.41) is 0.192. The molecule has 19 heavy (non-hydrogen) atoms. The van der Waals surface area contributed by atoms with Gasteiger partial charge in [0.25, 0.3) is 0 Å². The number of hydrogen-bond acceptors (Lipinski definition) is 3. The van der Waals surface area contributed by atoms with Crippen molar-refractivity contribution < 1.29 is 17.6 Å². The molecule has 0 aliphatic carbocycles. The maximum absolute atomic E-state index is 13.6. The van der Waals surface area contributed by atoms with Crippen LogP contribution in [0.3, 0.4) is 0 Å². The molecule has 106 valence electrons. The average Bonchev–Trinajstić information content (AvgIpc) is 2.28. The Hall–Kier alpha value is -1.08. The Kier molecular flexibility index (Phi) is 4.15. The van der Waals surface area contributed by atoms with Gasteiger partial charge in [0.15, 0.2) is 11.6 Å². The summed E-state index contributed by atoms with van der Waals surface area (Å²) >= 11 is 5.60. The van der Waals surface area contributed by atoms with Crippen LogP contribution in [0.5, 0.6) is 0 Å². The van der Waals surface area contributed by atoms with Crippen LogP contribution in [0.2, 0.25) is 5.02 Å². The van der Waals surface area contributed by atoms with Crippen molar-refractivity contribution >= 4 is 17.4 Å². The number of anilines is 1. The predicted molar refractivity (Wildman–Crippen MR) is 63.9 cm³/mol. The normalized spacial score (nSPS) is 17.8. The number of rotatable bonds is 2. The first-order valence-corrected chi connectivity index (χ1v) is 6.08. The molecule has 3 nitrogen and oxygen atoms in total. The fourth-order valence-electron chi connectivity index (χ4n) is 2.01. The van der Waals surface area contributed by atoms with Gasteiger partial charge in [0.05, 0.1) is 11.6 Å². The molecule has 8 heteroatoms. The third-order valence-corrected chi connectivity index (χ3v) is 3.07. The highest BCUT2D eigenvalue weighted by atomic mass is 35.5. The van der Waals surface area contributed by atoms with E-state index in [1.54, 1.807) is 4.90 Å². The van der Waals surface area contributed by atoms with Crippen molar-refractivity contribution in [1.29, 1.82) is 0 Å². The van der Waals surface area contributed by atoms with Gasteiger partial charge in [-0.05, 0) is 6.07 Å². The van der Waals surface area contributed by atoms with Crippen LogP contribution in [-0.4, -0.2) is 48.8 Å². The Morgan fingerprint density at radius 2 is 1.84 bits per heavy atom. The fourth-order valence-corrected chi connectivity index (χ4v) is 2.16. The summed E-state index contributed by atoms with van der Waals surface area (Å²) in [6, 6.07) is 1.14. The molecule has 1 aromatic heterocycles. The fraction of sp³-hybridized carbons (Fsp3) is 0.545. The lowest BCUT2D eigenvalue weighted by Gasteiger charge is -2.35. The van der Waals surface area contributed by atoms with Crippen molar-refractivity contribution in [2.45, 2.75) is 6.18 Å². The van der Waals surface area contributed by atoms with Gasteiger partial charge in [0.1, 0.15) is 0 Å². The van der Waals surface area contributed by atoms with Crippen LogP contribution >= 0.6 is 11.6 Å².